The molecule has 3 rings (SSSR count). The second-order valence-electron chi connectivity index (χ2n) is 6.52. The number of aryl methyl sites for hydroxylation is 2. The highest BCUT2D eigenvalue weighted by Crippen LogP contribution is 2.20. The summed E-state index contributed by atoms with van der Waals surface area (Å²) in [6.45, 7) is 4.51. The maximum Gasteiger partial charge on any atom is 0.254 e. The van der Waals surface area contributed by atoms with Gasteiger partial charge in [-0.3, -0.25) is 14.5 Å². The lowest BCUT2D eigenvalue weighted by Gasteiger charge is -2.22. The lowest BCUT2D eigenvalue weighted by Crippen LogP contribution is -2.33. The second kappa shape index (κ2) is 8.14. The smallest absolute Gasteiger partial charge is 0.254 e. The Balaban J connectivity index is 1.89. The third kappa shape index (κ3) is 4.06. The Kier molecular flexibility index (Phi) is 5.66. The van der Waals surface area contributed by atoms with Crippen molar-refractivity contribution in [2.45, 2.75) is 20.4 Å². The van der Waals surface area contributed by atoms with Crippen LogP contribution in [0.3, 0.4) is 0 Å². The Hall–Kier alpha value is -2.99. The number of rotatable bonds is 6. The van der Waals surface area contributed by atoms with Crippen LogP contribution in [0.2, 0.25) is 0 Å². The van der Waals surface area contributed by atoms with Gasteiger partial charge in [0.25, 0.3) is 5.91 Å². The summed E-state index contributed by atoms with van der Waals surface area (Å²) in [5.41, 5.74) is 5.21. The number of aliphatic hydroxyl groups is 1. The second-order valence-corrected chi connectivity index (χ2v) is 6.52. The summed E-state index contributed by atoms with van der Waals surface area (Å²) in [5, 5.41) is 13.9. The van der Waals surface area contributed by atoms with E-state index in [1.165, 1.54) is 0 Å². The highest BCUT2D eigenvalue weighted by molar-refractivity contribution is 5.95. The average Bonchev–Trinajstić information content (AvgIpc) is 2.93. The first-order chi connectivity index (χ1) is 13.0. The number of carbonyl (C=O) groups is 1. The molecule has 1 N–H and O–H groups in total. The SMILES string of the molecule is Cc1nn(C)c(C)c1CN(CCO)C(=O)c1cccc(-c2ccccn2)c1. The molecule has 2 heterocycles. The summed E-state index contributed by atoms with van der Waals surface area (Å²) in [4.78, 5) is 19.1. The maximum absolute atomic E-state index is 13.1. The predicted molar refractivity (Wildman–Crippen MR) is 104 cm³/mol. The van der Waals surface area contributed by atoms with Gasteiger partial charge in [0.2, 0.25) is 0 Å². The maximum atomic E-state index is 13.1. The summed E-state index contributed by atoms with van der Waals surface area (Å²) in [6, 6.07) is 13.1. The van der Waals surface area contributed by atoms with Crippen molar-refractivity contribution in [1.29, 1.82) is 0 Å². The lowest BCUT2D eigenvalue weighted by molar-refractivity contribution is 0.0707. The van der Waals surface area contributed by atoms with E-state index in [1.54, 1.807) is 17.2 Å². The van der Waals surface area contributed by atoms with Gasteiger partial charge in [-0.05, 0) is 38.1 Å². The minimum atomic E-state index is -0.121. The van der Waals surface area contributed by atoms with E-state index in [2.05, 4.69) is 10.1 Å². The summed E-state index contributed by atoms with van der Waals surface area (Å²) >= 11 is 0. The number of hydrogen-bond acceptors (Lipinski definition) is 4. The first-order valence-corrected chi connectivity index (χ1v) is 8.92. The average molecular weight is 364 g/mol. The normalized spacial score (nSPS) is 10.8. The van der Waals surface area contributed by atoms with E-state index in [9.17, 15) is 9.90 Å². The topological polar surface area (TPSA) is 71.2 Å². The summed E-state index contributed by atoms with van der Waals surface area (Å²) in [5.74, 6) is -0.121. The van der Waals surface area contributed by atoms with E-state index >= 15 is 0 Å². The molecule has 6 heteroatoms. The van der Waals surface area contributed by atoms with Crippen molar-refractivity contribution in [3.8, 4) is 11.3 Å². The molecule has 140 valence electrons. The van der Waals surface area contributed by atoms with Crippen molar-refractivity contribution in [2.24, 2.45) is 7.05 Å². The third-order valence-electron chi connectivity index (χ3n) is 4.74. The van der Waals surface area contributed by atoms with E-state index < -0.39 is 0 Å². The Bertz CT molecular complexity index is 935. The van der Waals surface area contributed by atoms with Gasteiger partial charge in [-0.2, -0.15) is 5.10 Å². The quantitative estimate of drug-likeness (QED) is 0.730. The highest BCUT2D eigenvalue weighted by Gasteiger charge is 2.20. The van der Waals surface area contributed by atoms with Crippen LogP contribution in [0.15, 0.2) is 48.7 Å². The largest absolute Gasteiger partial charge is 0.395 e. The van der Waals surface area contributed by atoms with Crippen LogP contribution in [0.5, 0.6) is 0 Å². The predicted octanol–water partition coefficient (Wildman–Crippen LogP) is 2.73. The number of aromatic nitrogens is 3. The van der Waals surface area contributed by atoms with Gasteiger partial charge >= 0.3 is 0 Å². The zero-order valence-corrected chi connectivity index (χ0v) is 15.9. The Labute approximate surface area is 159 Å². The lowest BCUT2D eigenvalue weighted by atomic mass is 10.1. The summed E-state index contributed by atoms with van der Waals surface area (Å²) in [6.07, 6.45) is 1.73. The summed E-state index contributed by atoms with van der Waals surface area (Å²) in [7, 11) is 1.89. The van der Waals surface area contributed by atoms with Crippen molar-refractivity contribution in [3.63, 3.8) is 0 Å². The molecule has 0 bridgehead atoms. The van der Waals surface area contributed by atoms with Gasteiger partial charge in [0, 0.05) is 48.7 Å². The molecule has 1 amide bonds. The monoisotopic (exact) mass is 364 g/mol. The van der Waals surface area contributed by atoms with E-state index in [1.807, 2.05) is 62.0 Å². The van der Waals surface area contributed by atoms with E-state index in [0.717, 1.165) is 28.2 Å². The molecular weight excluding hydrogens is 340 g/mol. The fraction of sp³-hybridized carbons (Fsp3) is 0.286. The fourth-order valence-corrected chi connectivity index (χ4v) is 3.14. The molecule has 0 atom stereocenters. The molecule has 6 nitrogen and oxygen atoms in total. The van der Waals surface area contributed by atoms with Gasteiger partial charge in [0.1, 0.15) is 0 Å². The van der Waals surface area contributed by atoms with Gasteiger partial charge < -0.3 is 10.0 Å². The van der Waals surface area contributed by atoms with Crippen LogP contribution in [0, 0.1) is 13.8 Å². The van der Waals surface area contributed by atoms with E-state index in [-0.39, 0.29) is 19.1 Å². The number of pyridine rings is 1. The Morgan fingerprint density at radius 3 is 2.63 bits per heavy atom. The summed E-state index contributed by atoms with van der Waals surface area (Å²) < 4.78 is 1.81. The fourth-order valence-electron chi connectivity index (χ4n) is 3.14. The number of aliphatic hydroxyl groups excluding tert-OH is 1. The van der Waals surface area contributed by atoms with E-state index in [0.29, 0.717) is 12.1 Å². The van der Waals surface area contributed by atoms with Gasteiger partial charge in [-0.15, -0.1) is 0 Å². The first kappa shape index (κ1) is 18.8. The van der Waals surface area contributed by atoms with Crippen LogP contribution in [0.4, 0.5) is 0 Å². The number of nitrogens with zero attached hydrogens (tertiary/aromatic N) is 4. The molecule has 0 aliphatic carbocycles. The first-order valence-electron chi connectivity index (χ1n) is 8.92. The van der Waals surface area contributed by atoms with Crippen LogP contribution in [0.25, 0.3) is 11.3 Å². The van der Waals surface area contributed by atoms with Crippen molar-refractivity contribution in [1.82, 2.24) is 19.7 Å². The molecule has 2 aromatic heterocycles. The zero-order chi connectivity index (χ0) is 19.4. The molecular formula is C21H24N4O2. The van der Waals surface area contributed by atoms with Crippen LogP contribution in [-0.4, -0.2) is 43.8 Å². The van der Waals surface area contributed by atoms with Crippen molar-refractivity contribution in [3.05, 3.63) is 71.2 Å². The molecule has 0 saturated heterocycles. The third-order valence-corrected chi connectivity index (χ3v) is 4.74. The van der Waals surface area contributed by atoms with Crippen LogP contribution >= 0.6 is 0 Å². The molecule has 0 saturated carbocycles. The van der Waals surface area contributed by atoms with Crippen LogP contribution in [-0.2, 0) is 13.6 Å². The minimum Gasteiger partial charge on any atom is -0.395 e. The molecule has 0 aliphatic rings. The molecule has 0 radical (unpaired) electrons. The number of hydrogen-bond donors (Lipinski definition) is 1. The standard InChI is InChI=1S/C21H24N4O2/c1-15-19(16(2)24(3)23-15)14-25(11-12-26)21(27)18-8-6-7-17(13-18)20-9-4-5-10-22-20/h4-10,13,26H,11-12,14H2,1-3H3. The zero-order valence-electron chi connectivity index (χ0n) is 15.9. The number of benzene rings is 1. The van der Waals surface area contributed by atoms with Crippen LogP contribution < -0.4 is 0 Å². The Morgan fingerprint density at radius 2 is 2.00 bits per heavy atom. The molecule has 27 heavy (non-hydrogen) atoms. The minimum absolute atomic E-state index is 0.0932. The van der Waals surface area contributed by atoms with Gasteiger partial charge in [0.15, 0.2) is 0 Å². The van der Waals surface area contributed by atoms with Crippen LogP contribution in [0.1, 0.15) is 27.3 Å². The molecule has 0 fully saturated rings. The van der Waals surface area contributed by atoms with Gasteiger partial charge in [-0.25, -0.2) is 0 Å². The van der Waals surface area contributed by atoms with Crippen molar-refractivity contribution >= 4 is 5.91 Å². The molecule has 0 unspecified atom stereocenters. The number of carbonyl (C=O) groups excluding carboxylic acids is 1. The van der Waals surface area contributed by atoms with E-state index in [4.69, 9.17) is 0 Å². The molecule has 1 aromatic carbocycles. The van der Waals surface area contributed by atoms with Crippen molar-refractivity contribution < 1.29 is 9.90 Å². The number of amides is 1. The van der Waals surface area contributed by atoms with Crippen molar-refractivity contribution in [2.75, 3.05) is 13.2 Å². The molecule has 0 aliphatic heterocycles. The highest BCUT2D eigenvalue weighted by atomic mass is 16.3. The molecule has 0 spiro atoms. The Morgan fingerprint density at radius 1 is 1.19 bits per heavy atom. The van der Waals surface area contributed by atoms with Gasteiger partial charge in [0.05, 0.1) is 18.0 Å². The molecule has 3 aromatic rings. The van der Waals surface area contributed by atoms with Gasteiger partial charge in [-0.1, -0.05) is 18.2 Å².